The second-order valence-electron chi connectivity index (χ2n) is 7.37. The van der Waals surface area contributed by atoms with E-state index < -0.39 is 35.0 Å². The van der Waals surface area contributed by atoms with E-state index in [1.165, 1.54) is 0 Å². The van der Waals surface area contributed by atoms with Crippen LogP contribution in [-0.2, 0) is 19.1 Å². The molecule has 0 bridgehead atoms. The second-order valence-corrected chi connectivity index (χ2v) is 7.37. The van der Waals surface area contributed by atoms with E-state index in [1.54, 1.807) is 6.08 Å². The number of carbonyl (C=O) groups excluding carboxylic acids is 1. The van der Waals surface area contributed by atoms with Crippen LogP contribution in [0.4, 0.5) is 0 Å². The predicted molar refractivity (Wildman–Crippen MR) is 69.2 cm³/mol. The van der Waals surface area contributed by atoms with E-state index in [1.807, 2.05) is 13.8 Å². The fraction of sp³-hybridized carbons (Fsp3) is 0.733. The molecule has 0 aromatic carbocycles. The maximum absolute atomic E-state index is 12.3. The van der Waals surface area contributed by atoms with Gasteiger partial charge in [0, 0.05) is 22.8 Å². The van der Waals surface area contributed by atoms with Gasteiger partial charge in [-0.05, 0) is 11.8 Å². The van der Waals surface area contributed by atoms with Crippen LogP contribution in [0.2, 0.25) is 0 Å². The summed E-state index contributed by atoms with van der Waals surface area (Å²) < 4.78 is 10.7. The zero-order valence-electron chi connectivity index (χ0n) is 12.0. The van der Waals surface area contributed by atoms with E-state index in [9.17, 15) is 19.8 Å². The van der Waals surface area contributed by atoms with Crippen molar-refractivity contribution in [2.45, 2.75) is 32.0 Å². The molecule has 114 valence electrons. The quantitative estimate of drug-likeness (QED) is 0.535. The molecule has 2 N–H and O–H groups in total. The molecule has 0 aromatic rings. The summed E-state index contributed by atoms with van der Waals surface area (Å²) in [6.07, 6.45) is 1.50. The van der Waals surface area contributed by atoms with Crippen molar-refractivity contribution >= 4 is 11.9 Å². The van der Waals surface area contributed by atoms with E-state index in [0.29, 0.717) is 6.42 Å². The lowest BCUT2D eigenvalue weighted by atomic mass is 9.61. The molecular weight excluding hydrogens is 276 g/mol. The van der Waals surface area contributed by atoms with E-state index in [0.717, 1.165) is 0 Å². The number of carboxylic acids is 1. The molecule has 6 nitrogen and oxygen atoms in total. The van der Waals surface area contributed by atoms with Crippen molar-refractivity contribution in [3.8, 4) is 0 Å². The van der Waals surface area contributed by atoms with Crippen LogP contribution in [0.15, 0.2) is 11.6 Å². The third kappa shape index (κ3) is 1.27. The van der Waals surface area contributed by atoms with Crippen molar-refractivity contribution in [1.82, 2.24) is 0 Å². The van der Waals surface area contributed by atoms with E-state index in [4.69, 9.17) is 9.47 Å². The van der Waals surface area contributed by atoms with E-state index >= 15 is 0 Å². The summed E-state index contributed by atoms with van der Waals surface area (Å²) in [5.41, 5.74) is -1.89. The van der Waals surface area contributed by atoms with Gasteiger partial charge in [-0.2, -0.15) is 0 Å². The number of epoxide rings is 1. The highest BCUT2D eigenvalue weighted by Crippen LogP contribution is 2.71. The Bertz CT molecular complexity index is 587. The topological polar surface area (TPSA) is 96.4 Å². The summed E-state index contributed by atoms with van der Waals surface area (Å²) in [6.45, 7) is 4.21. The average Bonchev–Trinajstić information content (AvgIpc) is 3.08. The van der Waals surface area contributed by atoms with Gasteiger partial charge in [0.05, 0.1) is 19.3 Å². The maximum Gasteiger partial charge on any atom is 0.341 e. The highest BCUT2D eigenvalue weighted by atomic mass is 16.6. The number of carboxylic acid groups (broad SMARTS) is 1. The standard InChI is InChI=1S/C15H18O6/c1-13(2)5-14-8(10(13)16)3-7(11(17)18)9(14)4-20-12(19)15(14)6-21-15/h3,8-10,16H,4-6H2,1-2H3,(H,17,18)/t8-,9+,10+,14-,15-/m1/s1. The second kappa shape index (κ2) is 3.50. The first-order valence-corrected chi connectivity index (χ1v) is 7.20. The smallest absolute Gasteiger partial charge is 0.341 e. The summed E-state index contributed by atoms with van der Waals surface area (Å²) in [5, 5.41) is 20.1. The molecule has 5 atom stereocenters. The minimum atomic E-state index is -1.07. The largest absolute Gasteiger partial charge is 0.478 e. The Balaban J connectivity index is 1.91. The molecule has 2 aliphatic carbocycles. The van der Waals surface area contributed by atoms with Crippen molar-refractivity contribution in [3.05, 3.63) is 11.6 Å². The minimum absolute atomic E-state index is 0.0569. The number of rotatable bonds is 1. The van der Waals surface area contributed by atoms with Gasteiger partial charge in [-0.1, -0.05) is 19.9 Å². The summed E-state index contributed by atoms with van der Waals surface area (Å²) in [7, 11) is 0. The van der Waals surface area contributed by atoms with Crippen LogP contribution in [0.3, 0.4) is 0 Å². The molecule has 0 radical (unpaired) electrons. The summed E-state index contributed by atoms with van der Waals surface area (Å²) in [5.74, 6) is -2.20. The van der Waals surface area contributed by atoms with Gasteiger partial charge in [-0.25, -0.2) is 9.59 Å². The predicted octanol–water partition coefficient (Wildman–Crippen LogP) is 0.346. The molecule has 4 aliphatic rings. The molecule has 2 aliphatic heterocycles. The summed E-state index contributed by atoms with van der Waals surface area (Å²) in [6, 6.07) is 0. The number of cyclic esters (lactones) is 1. The molecule has 1 saturated carbocycles. The number of aliphatic carboxylic acids is 1. The van der Waals surface area contributed by atoms with Gasteiger partial charge in [0.2, 0.25) is 0 Å². The molecule has 2 heterocycles. The van der Waals surface area contributed by atoms with Gasteiger partial charge in [-0.3, -0.25) is 0 Å². The van der Waals surface area contributed by atoms with Gasteiger partial charge in [0.1, 0.15) is 0 Å². The van der Waals surface area contributed by atoms with Crippen LogP contribution in [-0.4, -0.2) is 47.1 Å². The number of carbonyl (C=O) groups is 2. The molecule has 0 unspecified atom stereocenters. The normalized spacial score (nSPS) is 49.4. The Hall–Kier alpha value is -1.40. The molecule has 2 spiro atoms. The van der Waals surface area contributed by atoms with Crippen molar-refractivity contribution in [2.75, 3.05) is 13.2 Å². The highest BCUT2D eigenvalue weighted by molar-refractivity contribution is 5.92. The number of esters is 1. The Morgan fingerprint density at radius 3 is 2.67 bits per heavy atom. The zero-order valence-corrected chi connectivity index (χ0v) is 12.0. The molecule has 0 amide bonds. The van der Waals surface area contributed by atoms with Crippen LogP contribution in [0.5, 0.6) is 0 Å². The molecular formula is C15H18O6. The van der Waals surface area contributed by atoms with Crippen LogP contribution in [0, 0.1) is 22.7 Å². The maximum atomic E-state index is 12.3. The van der Waals surface area contributed by atoms with Crippen LogP contribution in [0.25, 0.3) is 0 Å². The van der Waals surface area contributed by atoms with Crippen LogP contribution < -0.4 is 0 Å². The lowest BCUT2D eigenvalue weighted by Gasteiger charge is -2.44. The number of hydrogen-bond donors (Lipinski definition) is 2. The number of ether oxygens (including phenoxy) is 2. The molecule has 21 heavy (non-hydrogen) atoms. The van der Waals surface area contributed by atoms with Crippen molar-refractivity contribution in [2.24, 2.45) is 22.7 Å². The summed E-state index contributed by atoms with van der Waals surface area (Å²) in [4.78, 5) is 23.8. The third-order valence-electron chi connectivity index (χ3n) is 5.98. The third-order valence-corrected chi connectivity index (χ3v) is 5.98. The lowest BCUT2D eigenvalue weighted by Crippen LogP contribution is -2.56. The van der Waals surface area contributed by atoms with Crippen molar-refractivity contribution in [3.63, 3.8) is 0 Å². The highest BCUT2D eigenvalue weighted by Gasteiger charge is 2.81. The van der Waals surface area contributed by atoms with E-state index in [-0.39, 0.29) is 30.1 Å². The number of hydrogen-bond acceptors (Lipinski definition) is 5. The van der Waals surface area contributed by atoms with Gasteiger partial charge in [0.25, 0.3) is 0 Å². The van der Waals surface area contributed by atoms with Crippen LogP contribution >= 0.6 is 0 Å². The number of aliphatic hydroxyl groups excluding tert-OH is 1. The van der Waals surface area contributed by atoms with Gasteiger partial charge >= 0.3 is 11.9 Å². The zero-order chi connectivity index (χ0) is 15.2. The first-order valence-electron chi connectivity index (χ1n) is 7.20. The SMILES string of the molecule is CC1(C)C[C@@]23[C@H](C=C(C(=O)O)[C@@H]2COC(=O)[C@]32CO2)[C@@H]1O. The summed E-state index contributed by atoms with van der Waals surface area (Å²) >= 11 is 0. The monoisotopic (exact) mass is 294 g/mol. The Morgan fingerprint density at radius 2 is 2.10 bits per heavy atom. The first kappa shape index (κ1) is 13.3. The fourth-order valence-corrected chi connectivity index (χ4v) is 5.00. The van der Waals surface area contributed by atoms with Crippen molar-refractivity contribution < 1.29 is 29.3 Å². The first-order chi connectivity index (χ1) is 9.76. The number of aliphatic hydroxyl groups is 1. The molecule has 3 fully saturated rings. The molecule has 2 saturated heterocycles. The Morgan fingerprint density at radius 1 is 1.43 bits per heavy atom. The van der Waals surface area contributed by atoms with Gasteiger partial charge < -0.3 is 19.7 Å². The van der Waals surface area contributed by atoms with Crippen molar-refractivity contribution in [1.29, 1.82) is 0 Å². The average molecular weight is 294 g/mol. The Labute approximate surface area is 121 Å². The molecule has 4 rings (SSSR count). The van der Waals surface area contributed by atoms with E-state index in [2.05, 4.69) is 0 Å². The molecule has 0 aromatic heterocycles. The minimum Gasteiger partial charge on any atom is -0.478 e. The molecule has 6 heteroatoms. The Kier molecular flexibility index (Phi) is 2.21. The van der Waals surface area contributed by atoms with Gasteiger partial charge in [0.15, 0.2) is 5.60 Å². The fourth-order valence-electron chi connectivity index (χ4n) is 5.00. The van der Waals surface area contributed by atoms with Crippen LogP contribution in [0.1, 0.15) is 20.3 Å². The lowest BCUT2D eigenvalue weighted by molar-refractivity contribution is -0.175. The van der Waals surface area contributed by atoms with Gasteiger partial charge in [-0.15, -0.1) is 0 Å².